The van der Waals surface area contributed by atoms with Crippen LogP contribution in [0.25, 0.3) is 10.9 Å². The number of amides is 2. The summed E-state index contributed by atoms with van der Waals surface area (Å²) in [4.78, 5) is 20.2. The molecule has 0 bridgehead atoms. The molecule has 0 spiro atoms. The van der Waals surface area contributed by atoms with Gasteiger partial charge in [0.25, 0.3) is 0 Å². The molecular weight excluding hydrogens is 350 g/mol. The molecule has 0 aliphatic carbocycles. The number of nitrogens with zero attached hydrogens (tertiary/aromatic N) is 3. The summed E-state index contributed by atoms with van der Waals surface area (Å²) in [6.45, 7) is 4.85. The maximum atomic E-state index is 12.6. The molecule has 2 aromatic carbocycles. The van der Waals surface area contributed by atoms with E-state index in [4.69, 9.17) is 0 Å². The number of fused-ring (bicyclic) bond motifs is 1. The second kappa shape index (κ2) is 7.57. The van der Waals surface area contributed by atoms with Gasteiger partial charge < -0.3 is 15.1 Å². The average molecular weight is 372 g/mol. The van der Waals surface area contributed by atoms with Crippen LogP contribution in [0.4, 0.5) is 16.2 Å². The summed E-state index contributed by atoms with van der Waals surface area (Å²) in [6, 6.07) is 19.5. The number of urea groups is 1. The molecule has 1 saturated heterocycles. The number of pyridine rings is 1. The van der Waals surface area contributed by atoms with Gasteiger partial charge in [-0.05, 0) is 18.2 Å². The van der Waals surface area contributed by atoms with Crippen molar-refractivity contribution in [1.82, 2.24) is 4.90 Å². The van der Waals surface area contributed by atoms with E-state index in [2.05, 4.69) is 46.4 Å². The minimum Gasteiger partial charge on any atom is -0.367 e. The van der Waals surface area contributed by atoms with E-state index < -0.39 is 0 Å². The SMILES string of the molecule is Cc1cc(N2CCN(C(=O)Nc3ccccc3C#N)CC2)c2ccccc2[nH+]1. The minimum atomic E-state index is -0.162. The van der Waals surface area contributed by atoms with E-state index >= 15 is 0 Å². The third-order valence-electron chi connectivity index (χ3n) is 5.08. The zero-order chi connectivity index (χ0) is 19.5. The molecule has 3 aromatic rings. The van der Waals surface area contributed by atoms with Gasteiger partial charge in [-0.1, -0.05) is 24.3 Å². The number of nitriles is 1. The van der Waals surface area contributed by atoms with Gasteiger partial charge in [0.2, 0.25) is 5.52 Å². The smallest absolute Gasteiger partial charge is 0.322 e. The highest BCUT2D eigenvalue weighted by Gasteiger charge is 2.24. The zero-order valence-corrected chi connectivity index (χ0v) is 15.8. The molecule has 1 aliphatic rings. The van der Waals surface area contributed by atoms with E-state index in [-0.39, 0.29) is 6.03 Å². The number of hydrogen-bond donors (Lipinski definition) is 1. The highest BCUT2D eigenvalue weighted by atomic mass is 16.2. The summed E-state index contributed by atoms with van der Waals surface area (Å²) in [5.74, 6) is 0. The van der Waals surface area contributed by atoms with Crippen molar-refractivity contribution in [3.05, 3.63) is 65.9 Å². The first-order valence-corrected chi connectivity index (χ1v) is 9.37. The Morgan fingerprint density at radius 2 is 1.79 bits per heavy atom. The molecule has 0 unspecified atom stereocenters. The number of rotatable bonds is 2. The molecule has 1 aromatic heterocycles. The van der Waals surface area contributed by atoms with Crippen molar-refractivity contribution in [2.24, 2.45) is 0 Å². The van der Waals surface area contributed by atoms with E-state index in [1.807, 2.05) is 18.2 Å². The van der Waals surface area contributed by atoms with Gasteiger partial charge in [-0.2, -0.15) is 5.26 Å². The van der Waals surface area contributed by atoms with Gasteiger partial charge in [0.05, 0.1) is 22.3 Å². The second-order valence-corrected chi connectivity index (χ2v) is 6.94. The lowest BCUT2D eigenvalue weighted by Crippen LogP contribution is -2.50. The Bertz CT molecular complexity index is 1060. The molecule has 0 atom stereocenters. The molecule has 4 rings (SSSR count). The number of hydrogen-bond acceptors (Lipinski definition) is 3. The largest absolute Gasteiger partial charge is 0.367 e. The lowest BCUT2D eigenvalue weighted by molar-refractivity contribution is -0.354. The van der Waals surface area contributed by atoms with Crippen LogP contribution in [-0.4, -0.2) is 37.1 Å². The summed E-state index contributed by atoms with van der Waals surface area (Å²) in [6.07, 6.45) is 0. The van der Waals surface area contributed by atoms with Crippen LogP contribution < -0.4 is 15.2 Å². The first-order valence-electron chi connectivity index (χ1n) is 9.37. The Labute approximate surface area is 164 Å². The van der Waals surface area contributed by atoms with Crippen LogP contribution in [0.15, 0.2) is 54.6 Å². The van der Waals surface area contributed by atoms with Crippen molar-refractivity contribution >= 4 is 28.3 Å². The fourth-order valence-electron chi connectivity index (χ4n) is 3.64. The van der Waals surface area contributed by atoms with Crippen LogP contribution in [0.2, 0.25) is 0 Å². The Morgan fingerprint density at radius 3 is 2.57 bits per heavy atom. The van der Waals surface area contributed by atoms with Crippen molar-refractivity contribution in [3.63, 3.8) is 0 Å². The molecule has 0 saturated carbocycles. The number of anilines is 2. The molecule has 0 radical (unpaired) electrons. The van der Waals surface area contributed by atoms with Crippen molar-refractivity contribution in [2.45, 2.75) is 6.92 Å². The van der Waals surface area contributed by atoms with E-state index in [1.165, 1.54) is 11.1 Å². The van der Waals surface area contributed by atoms with E-state index in [9.17, 15) is 10.1 Å². The molecule has 1 aliphatic heterocycles. The molecule has 1 fully saturated rings. The summed E-state index contributed by atoms with van der Waals surface area (Å²) in [5.41, 5.74) is 4.45. The lowest BCUT2D eigenvalue weighted by Gasteiger charge is -2.36. The highest BCUT2D eigenvalue weighted by Crippen LogP contribution is 2.26. The van der Waals surface area contributed by atoms with E-state index in [0.717, 1.165) is 24.3 Å². The fourth-order valence-corrected chi connectivity index (χ4v) is 3.64. The predicted octanol–water partition coefficient (Wildman–Crippen LogP) is 3.19. The van der Waals surface area contributed by atoms with E-state index in [0.29, 0.717) is 24.3 Å². The maximum absolute atomic E-state index is 12.6. The topological polar surface area (TPSA) is 73.5 Å². The van der Waals surface area contributed by atoms with Crippen molar-refractivity contribution in [1.29, 1.82) is 5.26 Å². The third-order valence-corrected chi connectivity index (χ3v) is 5.08. The molecule has 2 heterocycles. The van der Waals surface area contributed by atoms with Crippen LogP contribution in [0.5, 0.6) is 0 Å². The monoisotopic (exact) mass is 372 g/mol. The van der Waals surface area contributed by atoms with Crippen molar-refractivity contribution < 1.29 is 9.78 Å². The number of nitrogens with one attached hydrogen (secondary N) is 2. The Kier molecular flexibility index (Phi) is 4.81. The third kappa shape index (κ3) is 3.47. The molecule has 2 amide bonds. The van der Waals surface area contributed by atoms with Crippen molar-refractivity contribution in [3.8, 4) is 6.07 Å². The van der Waals surface area contributed by atoms with Crippen molar-refractivity contribution in [2.75, 3.05) is 36.4 Å². The van der Waals surface area contributed by atoms with Gasteiger partial charge in [-0.25, -0.2) is 9.78 Å². The normalized spacial score (nSPS) is 14.0. The summed E-state index contributed by atoms with van der Waals surface area (Å²) in [7, 11) is 0. The average Bonchev–Trinajstić information content (AvgIpc) is 2.73. The molecule has 140 valence electrons. The second-order valence-electron chi connectivity index (χ2n) is 6.94. The van der Waals surface area contributed by atoms with Crippen LogP contribution in [0, 0.1) is 18.3 Å². The quantitative estimate of drug-likeness (QED) is 0.751. The first-order chi connectivity index (χ1) is 13.7. The number of aromatic nitrogens is 1. The number of piperazine rings is 1. The van der Waals surface area contributed by atoms with Crippen LogP contribution in [-0.2, 0) is 0 Å². The van der Waals surface area contributed by atoms with Crippen LogP contribution in [0.3, 0.4) is 0 Å². The number of para-hydroxylation sites is 2. The maximum Gasteiger partial charge on any atom is 0.322 e. The number of carbonyl (C=O) groups excluding carboxylic acids is 1. The summed E-state index contributed by atoms with van der Waals surface area (Å²) in [5, 5.41) is 13.2. The van der Waals surface area contributed by atoms with E-state index in [1.54, 1.807) is 23.1 Å². The molecule has 6 heteroatoms. The Hall–Kier alpha value is -3.59. The van der Waals surface area contributed by atoms with Gasteiger partial charge in [0, 0.05) is 45.2 Å². The first kappa shape index (κ1) is 17.8. The molecule has 2 N–H and O–H groups in total. The predicted molar refractivity (Wildman–Crippen MR) is 109 cm³/mol. The lowest BCUT2D eigenvalue weighted by atomic mass is 10.1. The minimum absolute atomic E-state index is 0.162. The zero-order valence-electron chi connectivity index (χ0n) is 15.8. The standard InChI is InChI=1S/C22H21N5O/c1-16-14-21(18-7-3-5-9-20(18)24-16)26-10-12-27(13-11-26)22(28)25-19-8-4-2-6-17(19)15-23/h2-9,14H,10-13H2,1H3,(H,25,28)/p+1. The molecule has 28 heavy (non-hydrogen) atoms. The number of aromatic amines is 1. The molecule has 6 nitrogen and oxygen atoms in total. The number of carbonyl (C=O) groups is 1. The number of benzene rings is 2. The number of H-pyrrole nitrogens is 1. The summed E-state index contributed by atoms with van der Waals surface area (Å²) >= 11 is 0. The van der Waals surface area contributed by atoms with Gasteiger partial charge in [0.1, 0.15) is 6.07 Å². The summed E-state index contributed by atoms with van der Waals surface area (Å²) < 4.78 is 0. The molecular formula is C22H22N5O+. The fraction of sp³-hybridized carbons (Fsp3) is 0.227. The van der Waals surface area contributed by atoms with Gasteiger partial charge >= 0.3 is 6.03 Å². The van der Waals surface area contributed by atoms with Crippen LogP contribution >= 0.6 is 0 Å². The Balaban J connectivity index is 1.47. The Morgan fingerprint density at radius 1 is 1.07 bits per heavy atom. The van der Waals surface area contributed by atoms with Crippen LogP contribution in [0.1, 0.15) is 11.3 Å². The highest BCUT2D eigenvalue weighted by molar-refractivity contribution is 5.92. The number of aryl methyl sites for hydroxylation is 1. The van der Waals surface area contributed by atoms with Gasteiger partial charge in [-0.15, -0.1) is 0 Å². The van der Waals surface area contributed by atoms with Gasteiger partial charge in [0.15, 0.2) is 5.69 Å². The van der Waals surface area contributed by atoms with Gasteiger partial charge in [-0.3, -0.25) is 0 Å².